The summed E-state index contributed by atoms with van der Waals surface area (Å²) in [7, 11) is 0. The van der Waals surface area contributed by atoms with E-state index in [1.165, 1.54) is 12.1 Å². The standard InChI is InChI=1S/C12H18N2O3/c1-9(2)6-11(8-15)13-10-4-3-5-12(7-10)14(16)17/h3-5,7,9,11,13,15H,6,8H2,1-2H3. The number of nitrogens with zero attached hydrogens (tertiary/aromatic N) is 1. The number of aliphatic hydroxyl groups is 1. The minimum absolute atomic E-state index is 0.0148. The Morgan fingerprint density at radius 1 is 1.47 bits per heavy atom. The number of non-ortho nitro benzene ring substituents is 1. The number of nitrogens with one attached hydrogen (secondary N) is 1. The number of nitro benzene ring substituents is 1. The molecule has 94 valence electrons. The number of anilines is 1. The van der Waals surface area contributed by atoms with Gasteiger partial charge in [-0.15, -0.1) is 0 Å². The van der Waals surface area contributed by atoms with Crippen molar-refractivity contribution in [2.75, 3.05) is 11.9 Å². The van der Waals surface area contributed by atoms with Crippen LogP contribution in [0.3, 0.4) is 0 Å². The van der Waals surface area contributed by atoms with E-state index in [1.807, 2.05) is 0 Å². The molecule has 0 heterocycles. The fourth-order valence-electron chi connectivity index (χ4n) is 1.69. The Bertz CT molecular complexity index is 380. The van der Waals surface area contributed by atoms with Gasteiger partial charge in [-0.1, -0.05) is 19.9 Å². The zero-order valence-electron chi connectivity index (χ0n) is 10.1. The highest BCUT2D eigenvalue weighted by Crippen LogP contribution is 2.19. The average molecular weight is 238 g/mol. The number of rotatable bonds is 6. The van der Waals surface area contributed by atoms with Crippen molar-refractivity contribution in [3.63, 3.8) is 0 Å². The van der Waals surface area contributed by atoms with Gasteiger partial charge in [-0.05, 0) is 18.4 Å². The predicted octanol–water partition coefficient (Wildman–Crippen LogP) is 2.41. The summed E-state index contributed by atoms with van der Waals surface area (Å²) >= 11 is 0. The molecule has 0 saturated heterocycles. The molecule has 0 radical (unpaired) electrons. The van der Waals surface area contributed by atoms with Crippen LogP contribution in [0.5, 0.6) is 0 Å². The highest BCUT2D eigenvalue weighted by Gasteiger charge is 2.11. The van der Waals surface area contributed by atoms with Gasteiger partial charge in [-0.2, -0.15) is 0 Å². The maximum atomic E-state index is 10.6. The Balaban J connectivity index is 2.72. The van der Waals surface area contributed by atoms with Crippen LogP contribution in [0.15, 0.2) is 24.3 Å². The largest absolute Gasteiger partial charge is 0.394 e. The Kier molecular flexibility index (Phi) is 4.90. The third-order valence-electron chi connectivity index (χ3n) is 2.40. The number of benzene rings is 1. The van der Waals surface area contributed by atoms with E-state index >= 15 is 0 Å². The smallest absolute Gasteiger partial charge is 0.271 e. The van der Waals surface area contributed by atoms with Gasteiger partial charge in [0.05, 0.1) is 11.5 Å². The summed E-state index contributed by atoms with van der Waals surface area (Å²) < 4.78 is 0. The Morgan fingerprint density at radius 2 is 2.18 bits per heavy atom. The molecular weight excluding hydrogens is 220 g/mol. The van der Waals surface area contributed by atoms with E-state index in [1.54, 1.807) is 12.1 Å². The third kappa shape index (κ3) is 4.40. The van der Waals surface area contributed by atoms with Crippen LogP contribution in [-0.4, -0.2) is 22.7 Å². The summed E-state index contributed by atoms with van der Waals surface area (Å²) in [5.74, 6) is 0.457. The fraction of sp³-hybridized carbons (Fsp3) is 0.500. The van der Waals surface area contributed by atoms with E-state index in [4.69, 9.17) is 0 Å². The molecule has 1 aromatic rings. The van der Waals surface area contributed by atoms with E-state index in [0.717, 1.165) is 6.42 Å². The van der Waals surface area contributed by atoms with Crippen molar-refractivity contribution in [3.8, 4) is 0 Å². The molecule has 1 rings (SSSR count). The lowest BCUT2D eigenvalue weighted by Crippen LogP contribution is -2.25. The van der Waals surface area contributed by atoms with Gasteiger partial charge in [0.25, 0.3) is 5.69 Å². The fourth-order valence-corrected chi connectivity index (χ4v) is 1.69. The first-order valence-corrected chi connectivity index (χ1v) is 5.64. The molecule has 0 amide bonds. The molecule has 0 saturated carbocycles. The molecule has 0 fully saturated rings. The number of nitro groups is 1. The summed E-state index contributed by atoms with van der Waals surface area (Å²) in [4.78, 5) is 10.2. The summed E-state index contributed by atoms with van der Waals surface area (Å²) in [6.07, 6.45) is 0.819. The normalized spacial score (nSPS) is 12.5. The number of hydrogen-bond donors (Lipinski definition) is 2. The lowest BCUT2D eigenvalue weighted by molar-refractivity contribution is -0.384. The zero-order valence-corrected chi connectivity index (χ0v) is 10.1. The second-order valence-electron chi connectivity index (χ2n) is 4.46. The molecule has 0 aliphatic rings. The first-order valence-electron chi connectivity index (χ1n) is 5.64. The lowest BCUT2D eigenvalue weighted by Gasteiger charge is -2.19. The zero-order chi connectivity index (χ0) is 12.8. The van der Waals surface area contributed by atoms with Crippen LogP contribution >= 0.6 is 0 Å². The first kappa shape index (κ1) is 13.4. The van der Waals surface area contributed by atoms with Crippen LogP contribution in [-0.2, 0) is 0 Å². The van der Waals surface area contributed by atoms with Crippen LogP contribution in [0.4, 0.5) is 11.4 Å². The minimum atomic E-state index is -0.429. The second-order valence-corrected chi connectivity index (χ2v) is 4.46. The summed E-state index contributed by atoms with van der Waals surface area (Å²) in [6.45, 7) is 4.15. The molecule has 0 aromatic heterocycles. The summed E-state index contributed by atoms with van der Waals surface area (Å²) in [6, 6.07) is 6.24. The first-order chi connectivity index (χ1) is 8.02. The van der Waals surface area contributed by atoms with E-state index in [2.05, 4.69) is 19.2 Å². The van der Waals surface area contributed by atoms with E-state index in [-0.39, 0.29) is 18.3 Å². The van der Waals surface area contributed by atoms with Gasteiger partial charge < -0.3 is 10.4 Å². The molecule has 0 bridgehead atoms. The molecular formula is C12H18N2O3. The molecule has 1 aromatic carbocycles. The monoisotopic (exact) mass is 238 g/mol. The molecule has 1 unspecified atom stereocenters. The Hall–Kier alpha value is -1.62. The Labute approximate surface area is 101 Å². The van der Waals surface area contributed by atoms with Gasteiger partial charge in [-0.25, -0.2) is 0 Å². The molecule has 0 spiro atoms. The van der Waals surface area contributed by atoms with E-state index in [9.17, 15) is 15.2 Å². The van der Waals surface area contributed by atoms with Crippen LogP contribution in [0.1, 0.15) is 20.3 Å². The Morgan fingerprint density at radius 3 is 2.71 bits per heavy atom. The van der Waals surface area contributed by atoms with Crippen molar-refractivity contribution in [1.82, 2.24) is 0 Å². The van der Waals surface area contributed by atoms with Crippen molar-refractivity contribution >= 4 is 11.4 Å². The second kappa shape index (κ2) is 6.20. The van der Waals surface area contributed by atoms with Gasteiger partial charge in [0.2, 0.25) is 0 Å². The topological polar surface area (TPSA) is 75.4 Å². The van der Waals surface area contributed by atoms with Crippen LogP contribution < -0.4 is 5.32 Å². The molecule has 5 heteroatoms. The van der Waals surface area contributed by atoms with Crippen molar-refractivity contribution in [1.29, 1.82) is 0 Å². The maximum Gasteiger partial charge on any atom is 0.271 e. The predicted molar refractivity (Wildman–Crippen MR) is 67.0 cm³/mol. The van der Waals surface area contributed by atoms with Crippen LogP contribution in [0.25, 0.3) is 0 Å². The van der Waals surface area contributed by atoms with Crippen molar-refractivity contribution < 1.29 is 10.0 Å². The van der Waals surface area contributed by atoms with Crippen molar-refractivity contribution in [2.45, 2.75) is 26.3 Å². The molecule has 5 nitrogen and oxygen atoms in total. The highest BCUT2D eigenvalue weighted by atomic mass is 16.6. The van der Waals surface area contributed by atoms with Crippen LogP contribution in [0, 0.1) is 16.0 Å². The molecule has 0 aliphatic carbocycles. The summed E-state index contributed by atoms with van der Waals surface area (Å²) in [5.41, 5.74) is 0.718. The minimum Gasteiger partial charge on any atom is -0.394 e. The van der Waals surface area contributed by atoms with Crippen LogP contribution in [0.2, 0.25) is 0 Å². The van der Waals surface area contributed by atoms with E-state index < -0.39 is 4.92 Å². The maximum absolute atomic E-state index is 10.6. The highest BCUT2D eigenvalue weighted by molar-refractivity contribution is 5.51. The van der Waals surface area contributed by atoms with E-state index in [0.29, 0.717) is 11.6 Å². The average Bonchev–Trinajstić information content (AvgIpc) is 2.28. The van der Waals surface area contributed by atoms with Gasteiger partial charge in [0, 0.05) is 23.9 Å². The van der Waals surface area contributed by atoms with Gasteiger partial charge in [-0.3, -0.25) is 10.1 Å². The van der Waals surface area contributed by atoms with Gasteiger partial charge in [0.15, 0.2) is 0 Å². The quantitative estimate of drug-likeness (QED) is 0.589. The third-order valence-corrected chi connectivity index (χ3v) is 2.40. The number of hydrogen-bond acceptors (Lipinski definition) is 4. The summed E-state index contributed by atoms with van der Waals surface area (Å²) in [5, 5.41) is 22.9. The number of aliphatic hydroxyl groups excluding tert-OH is 1. The molecule has 0 aliphatic heterocycles. The van der Waals surface area contributed by atoms with Gasteiger partial charge in [0.1, 0.15) is 0 Å². The van der Waals surface area contributed by atoms with Crippen molar-refractivity contribution in [2.24, 2.45) is 5.92 Å². The SMILES string of the molecule is CC(C)CC(CO)Nc1cccc([N+](=O)[O-])c1. The van der Waals surface area contributed by atoms with Gasteiger partial charge >= 0.3 is 0 Å². The lowest BCUT2D eigenvalue weighted by atomic mass is 10.0. The van der Waals surface area contributed by atoms with Crippen molar-refractivity contribution in [3.05, 3.63) is 34.4 Å². The molecule has 2 N–H and O–H groups in total. The molecule has 17 heavy (non-hydrogen) atoms. The molecule has 1 atom stereocenters.